The van der Waals surface area contributed by atoms with Gasteiger partial charge in [0.05, 0.1) is 40.7 Å². The van der Waals surface area contributed by atoms with Gasteiger partial charge in [0.15, 0.2) is 5.82 Å². The smallest absolute Gasteiger partial charge is 0.412 e. The van der Waals surface area contributed by atoms with E-state index in [0.717, 1.165) is 24.3 Å². The van der Waals surface area contributed by atoms with E-state index in [9.17, 15) is 42.4 Å². The first kappa shape index (κ1) is 38.9. The molecular weight excluding hydrogens is 761 g/mol. The number of rotatable bonds is 13. The average Bonchev–Trinajstić information content (AvgIpc) is 3.01. The van der Waals surface area contributed by atoms with Crippen molar-refractivity contribution in [3.05, 3.63) is 80.6 Å². The van der Waals surface area contributed by atoms with Gasteiger partial charge in [-0.2, -0.15) is 0 Å². The average molecular weight is 797 g/mol. The molecule has 0 spiro atoms. The number of hydrogen-bond donors (Lipinski definition) is 4. The van der Waals surface area contributed by atoms with Gasteiger partial charge >= 0.3 is 12.1 Å². The van der Waals surface area contributed by atoms with E-state index in [0.29, 0.717) is 30.8 Å². The molecule has 3 aromatic rings. The number of nitrogens with zero attached hydrogens (tertiary/aromatic N) is 2. The largest absolute Gasteiger partial charge is 0.481 e. The maximum absolute atomic E-state index is 14.8. The minimum absolute atomic E-state index is 0.106. The summed E-state index contributed by atoms with van der Waals surface area (Å²) in [5.41, 5.74) is -2.10. The van der Waals surface area contributed by atoms with Crippen molar-refractivity contribution in [2.45, 2.75) is 43.7 Å². The van der Waals surface area contributed by atoms with Gasteiger partial charge in [-0.15, -0.1) is 0 Å². The molecule has 16 nitrogen and oxygen atoms in total. The van der Waals surface area contributed by atoms with Gasteiger partial charge in [-0.3, -0.25) is 29.9 Å². The van der Waals surface area contributed by atoms with Gasteiger partial charge in [0, 0.05) is 42.3 Å². The van der Waals surface area contributed by atoms with Crippen LogP contribution < -0.4 is 20.1 Å². The molecule has 51 heavy (non-hydrogen) atoms. The summed E-state index contributed by atoms with van der Waals surface area (Å²) >= 11 is 3.24. The van der Waals surface area contributed by atoms with Crippen molar-refractivity contribution >= 4 is 61.0 Å². The van der Waals surface area contributed by atoms with Gasteiger partial charge in [-0.1, -0.05) is 15.9 Å². The molecule has 0 bridgehead atoms. The standard InChI is InChI=1S/C32H35BrFN5O11S/c1-32(2,3)50-31(43)36-25-8-5-21(16-24(25)34)49-28-14-19(33)4-7-23(28)30(42)37-51(46,47)22-6-9-26(27(17-22)39(44)45)35-20(15-29(40)41)18-38-10-12-48-13-11-38/h4-9,14,16-17,20,35H,10-13,15,18H2,1-3H3,(H,36,43)(H,37,42)(H,40,41)/t20-/m0/s1. The van der Waals surface area contributed by atoms with Crippen molar-refractivity contribution in [2.24, 2.45) is 0 Å². The Morgan fingerprint density at radius 2 is 1.76 bits per heavy atom. The number of carboxylic acid groups (broad SMARTS) is 1. The second-order valence-electron chi connectivity index (χ2n) is 12.2. The van der Waals surface area contributed by atoms with E-state index in [4.69, 9.17) is 14.2 Å². The molecule has 19 heteroatoms. The highest BCUT2D eigenvalue weighted by Gasteiger charge is 2.28. The Morgan fingerprint density at radius 3 is 2.39 bits per heavy atom. The molecule has 0 unspecified atom stereocenters. The van der Waals surface area contributed by atoms with Gasteiger partial charge in [0.1, 0.15) is 22.8 Å². The lowest BCUT2D eigenvalue weighted by Gasteiger charge is -2.30. The molecule has 0 aliphatic carbocycles. The number of nitro benzene ring substituents is 1. The molecule has 1 atom stereocenters. The number of benzene rings is 3. The number of sulfonamides is 1. The van der Waals surface area contributed by atoms with E-state index in [1.165, 1.54) is 30.3 Å². The Bertz CT molecular complexity index is 1920. The lowest BCUT2D eigenvalue weighted by molar-refractivity contribution is -0.384. The van der Waals surface area contributed by atoms with Crippen molar-refractivity contribution in [2.75, 3.05) is 43.5 Å². The van der Waals surface area contributed by atoms with Crippen LogP contribution in [0, 0.1) is 15.9 Å². The zero-order valence-electron chi connectivity index (χ0n) is 27.6. The number of anilines is 2. The summed E-state index contributed by atoms with van der Waals surface area (Å²) in [4.78, 5) is 49.4. The molecule has 4 N–H and O–H groups in total. The summed E-state index contributed by atoms with van der Waals surface area (Å²) in [7, 11) is -4.71. The molecule has 1 aliphatic heterocycles. The van der Waals surface area contributed by atoms with Crippen LogP contribution >= 0.6 is 15.9 Å². The van der Waals surface area contributed by atoms with Gasteiger partial charge < -0.3 is 24.6 Å². The van der Waals surface area contributed by atoms with E-state index < -0.39 is 61.0 Å². The van der Waals surface area contributed by atoms with Crippen molar-refractivity contribution in [1.82, 2.24) is 9.62 Å². The SMILES string of the molecule is CC(C)(C)OC(=O)Nc1ccc(Oc2cc(Br)ccc2C(=O)NS(=O)(=O)c2ccc(N[C@@H](CC(=O)O)CN3CCOCC3)c([N+](=O)[O-])c2)cc1F. The third-order valence-corrected chi connectivity index (χ3v) is 8.88. The quantitative estimate of drug-likeness (QED) is 0.127. The van der Waals surface area contributed by atoms with Crippen LogP contribution in [-0.4, -0.2) is 85.8 Å². The van der Waals surface area contributed by atoms with Crippen molar-refractivity contribution < 1.29 is 51.4 Å². The van der Waals surface area contributed by atoms with Gasteiger partial charge in [-0.25, -0.2) is 22.3 Å². The lowest BCUT2D eigenvalue weighted by Crippen LogP contribution is -2.44. The first-order valence-electron chi connectivity index (χ1n) is 15.3. The van der Waals surface area contributed by atoms with Crippen LogP contribution in [0.15, 0.2) is 64.0 Å². The fourth-order valence-electron chi connectivity index (χ4n) is 4.84. The predicted molar refractivity (Wildman–Crippen MR) is 185 cm³/mol. The summed E-state index contributed by atoms with van der Waals surface area (Å²) in [6, 6.07) is 9.58. The number of ether oxygens (including phenoxy) is 3. The van der Waals surface area contributed by atoms with Crippen LogP contribution in [0.2, 0.25) is 0 Å². The molecule has 274 valence electrons. The molecule has 0 aromatic heterocycles. The number of carbonyl (C=O) groups excluding carboxylic acids is 2. The molecule has 0 saturated carbocycles. The van der Waals surface area contributed by atoms with E-state index in [-0.39, 0.29) is 41.4 Å². The van der Waals surface area contributed by atoms with Crippen molar-refractivity contribution in [3.8, 4) is 11.5 Å². The Morgan fingerprint density at radius 1 is 1.08 bits per heavy atom. The highest BCUT2D eigenvalue weighted by atomic mass is 79.9. The zero-order chi connectivity index (χ0) is 37.5. The number of morpholine rings is 1. The molecular formula is C32H35BrFN5O11S. The fourth-order valence-corrected chi connectivity index (χ4v) is 6.17. The van der Waals surface area contributed by atoms with E-state index >= 15 is 0 Å². The summed E-state index contributed by atoms with van der Waals surface area (Å²) < 4.78 is 59.9. The van der Waals surface area contributed by atoms with E-state index in [1.54, 1.807) is 20.8 Å². The maximum atomic E-state index is 14.8. The molecule has 2 amide bonds. The van der Waals surface area contributed by atoms with Gasteiger partial charge in [0.25, 0.3) is 21.6 Å². The normalized spacial score (nSPS) is 14.2. The van der Waals surface area contributed by atoms with Crippen LogP contribution in [0.3, 0.4) is 0 Å². The maximum Gasteiger partial charge on any atom is 0.412 e. The third-order valence-electron chi connectivity index (χ3n) is 7.06. The topological polar surface area (TPSA) is 216 Å². The van der Waals surface area contributed by atoms with Crippen LogP contribution in [0.4, 0.5) is 26.2 Å². The Labute approximate surface area is 300 Å². The van der Waals surface area contributed by atoms with Gasteiger partial charge in [0.2, 0.25) is 0 Å². The number of carboxylic acids is 1. The fraction of sp³-hybridized carbons (Fsp3) is 0.344. The Balaban J connectivity index is 1.53. The van der Waals surface area contributed by atoms with Crippen molar-refractivity contribution in [3.63, 3.8) is 0 Å². The monoisotopic (exact) mass is 795 g/mol. The summed E-state index contributed by atoms with van der Waals surface area (Å²) in [5, 5.41) is 26.6. The van der Waals surface area contributed by atoms with E-state index in [1.807, 2.05) is 9.62 Å². The molecule has 1 saturated heterocycles. The zero-order valence-corrected chi connectivity index (χ0v) is 30.0. The number of halogens is 2. The third kappa shape index (κ3) is 11.3. The molecule has 0 radical (unpaired) electrons. The van der Waals surface area contributed by atoms with Crippen LogP contribution in [0.1, 0.15) is 37.6 Å². The number of amides is 2. The minimum atomic E-state index is -4.71. The number of nitrogens with one attached hydrogen (secondary N) is 3. The summed E-state index contributed by atoms with van der Waals surface area (Å²) in [6.45, 7) is 7.15. The number of nitro groups is 1. The first-order valence-corrected chi connectivity index (χ1v) is 17.6. The highest BCUT2D eigenvalue weighted by Crippen LogP contribution is 2.32. The predicted octanol–water partition coefficient (Wildman–Crippen LogP) is 5.34. The molecule has 1 fully saturated rings. The molecule has 4 rings (SSSR count). The van der Waals surface area contributed by atoms with Crippen LogP contribution in [0.5, 0.6) is 11.5 Å². The first-order chi connectivity index (χ1) is 23.9. The van der Waals surface area contributed by atoms with E-state index in [2.05, 4.69) is 26.6 Å². The number of hydrogen-bond acceptors (Lipinski definition) is 12. The lowest BCUT2D eigenvalue weighted by atomic mass is 10.1. The van der Waals surface area contributed by atoms with Crippen LogP contribution in [-0.2, 0) is 24.3 Å². The van der Waals surface area contributed by atoms with Crippen molar-refractivity contribution in [1.29, 1.82) is 0 Å². The second kappa shape index (κ2) is 16.4. The Hall–Kier alpha value is -4.85. The Kier molecular flexibility index (Phi) is 12.6. The highest BCUT2D eigenvalue weighted by molar-refractivity contribution is 9.10. The van der Waals surface area contributed by atoms with Gasteiger partial charge in [-0.05, 0) is 63.2 Å². The van der Waals surface area contributed by atoms with Crippen LogP contribution in [0.25, 0.3) is 0 Å². The molecule has 1 aliphatic rings. The molecule has 1 heterocycles. The number of carbonyl (C=O) groups is 3. The molecule has 3 aromatic carbocycles. The second-order valence-corrected chi connectivity index (χ2v) is 14.8. The summed E-state index contributed by atoms with van der Waals surface area (Å²) in [6.07, 6.45) is -1.26. The summed E-state index contributed by atoms with van der Waals surface area (Å²) in [5.74, 6) is -3.49. The minimum Gasteiger partial charge on any atom is -0.481 e. The number of aliphatic carboxylic acids is 1.